The molecular formula is C26H38N4O2. The van der Waals surface area contributed by atoms with Crippen molar-refractivity contribution in [2.45, 2.75) is 33.6 Å². The Bertz CT molecular complexity index is 858. The van der Waals surface area contributed by atoms with E-state index in [4.69, 9.17) is 9.15 Å². The Morgan fingerprint density at radius 1 is 1.12 bits per heavy atom. The maximum atomic E-state index is 6.01. The molecule has 1 aliphatic carbocycles. The molecule has 1 N–H and O–H groups in total. The van der Waals surface area contributed by atoms with Crippen LogP contribution in [0.15, 0.2) is 46.4 Å². The third kappa shape index (κ3) is 6.06. The van der Waals surface area contributed by atoms with Crippen LogP contribution < -0.4 is 5.32 Å². The molecule has 1 aromatic heterocycles. The molecule has 6 heteroatoms. The maximum Gasteiger partial charge on any atom is 0.247 e. The summed E-state index contributed by atoms with van der Waals surface area (Å²) in [5.41, 5.74) is 2.44. The first-order valence-corrected chi connectivity index (χ1v) is 12.2. The molecule has 0 saturated carbocycles. The fraction of sp³-hybridized carbons (Fsp3) is 0.615. The van der Waals surface area contributed by atoms with Crippen molar-refractivity contribution in [2.75, 3.05) is 45.9 Å². The van der Waals surface area contributed by atoms with E-state index in [1.54, 1.807) is 0 Å². The molecule has 2 heterocycles. The third-order valence-corrected chi connectivity index (χ3v) is 7.08. The van der Waals surface area contributed by atoms with Gasteiger partial charge in [-0.3, -0.25) is 4.90 Å². The van der Waals surface area contributed by atoms with Crippen molar-refractivity contribution in [3.63, 3.8) is 0 Å². The normalized spacial score (nSPS) is 24.6. The summed E-state index contributed by atoms with van der Waals surface area (Å²) in [6, 6.07) is 10.0. The van der Waals surface area contributed by atoms with Gasteiger partial charge in [0.15, 0.2) is 0 Å². The molecule has 174 valence electrons. The number of hydrogen-bond donors (Lipinski definition) is 1. The molecule has 0 spiro atoms. The Morgan fingerprint density at radius 3 is 2.66 bits per heavy atom. The van der Waals surface area contributed by atoms with Crippen LogP contribution >= 0.6 is 0 Å². The van der Waals surface area contributed by atoms with E-state index in [9.17, 15) is 0 Å². The SMILES string of the molecule is CC1=CC(CNCCN2CCOCC2)C(C(C)C)CC1Cc1nnc(-c2ccccc2)o1. The molecule has 2 aromatic rings. The van der Waals surface area contributed by atoms with Gasteiger partial charge in [0.2, 0.25) is 11.8 Å². The number of nitrogens with zero attached hydrogens (tertiary/aromatic N) is 3. The van der Waals surface area contributed by atoms with E-state index >= 15 is 0 Å². The second-order valence-corrected chi connectivity index (χ2v) is 9.64. The van der Waals surface area contributed by atoms with E-state index in [1.165, 1.54) is 12.0 Å². The largest absolute Gasteiger partial charge is 0.421 e. The zero-order chi connectivity index (χ0) is 22.3. The predicted octanol–water partition coefficient (Wildman–Crippen LogP) is 4.06. The van der Waals surface area contributed by atoms with Gasteiger partial charge in [-0.05, 0) is 49.1 Å². The first kappa shape index (κ1) is 23.1. The van der Waals surface area contributed by atoms with Crippen LogP contribution in [0.1, 0.15) is 33.1 Å². The van der Waals surface area contributed by atoms with E-state index < -0.39 is 0 Å². The number of aromatic nitrogens is 2. The van der Waals surface area contributed by atoms with Gasteiger partial charge in [0.25, 0.3) is 0 Å². The summed E-state index contributed by atoms with van der Waals surface area (Å²) in [5.74, 6) is 3.72. The lowest BCUT2D eigenvalue weighted by molar-refractivity contribution is 0.0382. The average molecular weight is 439 g/mol. The first-order chi connectivity index (χ1) is 15.6. The van der Waals surface area contributed by atoms with Crippen LogP contribution in [0.3, 0.4) is 0 Å². The van der Waals surface area contributed by atoms with E-state index in [2.05, 4.69) is 47.3 Å². The highest BCUT2D eigenvalue weighted by atomic mass is 16.5. The summed E-state index contributed by atoms with van der Waals surface area (Å²) in [6.07, 6.45) is 4.51. The summed E-state index contributed by atoms with van der Waals surface area (Å²) in [5, 5.41) is 12.3. The predicted molar refractivity (Wildman–Crippen MR) is 127 cm³/mol. The Balaban J connectivity index is 1.33. The Kier molecular flexibility index (Phi) is 8.11. The molecule has 3 atom stereocenters. The van der Waals surface area contributed by atoms with Gasteiger partial charge >= 0.3 is 0 Å². The second kappa shape index (κ2) is 11.2. The maximum absolute atomic E-state index is 6.01. The van der Waals surface area contributed by atoms with E-state index in [0.717, 1.165) is 63.8 Å². The molecule has 0 amide bonds. The number of rotatable bonds is 9. The lowest BCUT2D eigenvalue weighted by Gasteiger charge is -2.37. The zero-order valence-electron chi connectivity index (χ0n) is 19.8. The lowest BCUT2D eigenvalue weighted by Crippen LogP contribution is -2.42. The summed E-state index contributed by atoms with van der Waals surface area (Å²) in [7, 11) is 0. The quantitative estimate of drug-likeness (QED) is 0.471. The third-order valence-electron chi connectivity index (χ3n) is 7.08. The van der Waals surface area contributed by atoms with Crippen molar-refractivity contribution < 1.29 is 9.15 Å². The van der Waals surface area contributed by atoms with Gasteiger partial charge < -0.3 is 14.5 Å². The van der Waals surface area contributed by atoms with Crippen LogP contribution in [0.2, 0.25) is 0 Å². The number of morpholine rings is 1. The van der Waals surface area contributed by atoms with Gasteiger partial charge in [-0.2, -0.15) is 0 Å². The number of hydrogen-bond acceptors (Lipinski definition) is 6. The molecular weight excluding hydrogens is 400 g/mol. The second-order valence-electron chi connectivity index (χ2n) is 9.64. The van der Waals surface area contributed by atoms with Crippen molar-refractivity contribution in [3.8, 4) is 11.5 Å². The molecule has 0 bridgehead atoms. The highest BCUT2D eigenvalue weighted by Gasteiger charge is 2.32. The Morgan fingerprint density at radius 2 is 1.91 bits per heavy atom. The van der Waals surface area contributed by atoms with E-state index in [1.807, 2.05) is 30.3 Å². The van der Waals surface area contributed by atoms with Gasteiger partial charge in [-0.15, -0.1) is 10.2 Å². The van der Waals surface area contributed by atoms with Crippen molar-refractivity contribution >= 4 is 0 Å². The number of ether oxygens (including phenoxy) is 1. The summed E-state index contributed by atoms with van der Waals surface area (Å²) in [4.78, 5) is 2.49. The molecule has 0 radical (unpaired) electrons. The van der Waals surface area contributed by atoms with Crippen LogP contribution in [0.5, 0.6) is 0 Å². The minimum absolute atomic E-state index is 0.469. The molecule has 1 saturated heterocycles. The minimum atomic E-state index is 0.469. The zero-order valence-corrected chi connectivity index (χ0v) is 19.8. The van der Waals surface area contributed by atoms with Gasteiger partial charge in [-0.25, -0.2) is 0 Å². The topological polar surface area (TPSA) is 63.4 Å². The average Bonchev–Trinajstić information content (AvgIpc) is 3.28. The fourth-order valence-corrected chi connectivity index (χ4v) is 5.08. The smallest absolute Gasteiger partial charge is 0.247 e. The molecule has 6 nitrogen and oxygen atoms in total. The Hall–Kier alpha value is -2.02. The number of benzene rings is 1. The van der Waals surface area contributed by atoms with E-state index in [0.29, 0.717) is 29.6 Å². The summed E-state index contributed by atoms with van der Waals surface area (Å²) >= 11 is 0. The number of nitrogens with one attached hydrogen (secondary N) is 1. The van der Waals surface area contributed by atoms with Gasteiger partial charge in [0.1, 0.15) is 0 Å². The van der Waals surface area contributed by atoms with Crippen LogP contribution in [0, 0.1) is 23.7 Å². The Labute approximate surface area is 192 Å². The van der Waals surface area contributed by atoms with Crippen LogP contribution in [-0.4, -0.2) is 61.0 Å². The monoisotopic (exact) mass is 438 g/mol. The molecule has 1 fully saturated rings. The molecule has 2 aliphatic rings. The molecule has 32 heavy (non-hydrogen) atoms. The van der Waals surface area contributed by atoms with Crippen molar-refractivity contribution in [3.05, 3.63) is 47.9 Å². The van der Waals surface area contributed by atoms with Crippen LogP contribution in [0.25, 0.3) is 11.5 Å². The lowest BCUT2D eigenvalue weighted by atomic mass is 9.70. The van der Waals surface area contributed by atoms with Crippen LogP contribution in [0.4, 0.5) is 0 Å². The minimum Gasteiger partial charge on any atom is -0.421 e. The molecule has 4 rings (SSSR count). The standard InChI is InChI=1S/C26H38N4O2/c1-19(2)24-16-22(17-25-28-29-26(32-25)21-7-5-4-6-8-21)20(3)15-23(24)18-27-9-10-30-11-13-31-14-12-30/h4-8,15,19,22-24,27H,9-14,16-18H2,1-3H3. The summed E-state index contributed by atoms with van der Waals surface area (Å²) < 4.78 is 11.4. The molecule has 1 aromatic carbocycles. The van der Waals surface area contributed by atoms with Crippen molar-refractivity contribution in [1.82, 2.24) is 20.4 Å². The van der Waals surface area contributed by atoms with Crippen LogP contribution in [-0.2, 0) is 11.2 Å². The summed E-state index contributed by atoms with van der Waals surface area (Å²) in [6.45, 7) is 14.0. The highest BCUT2D eigenvalue weighted by molar-refractivity contribution is 5.51. The van der Waals surface area contributed by atoms with Gasteiger partial charge in [0.05, 0.1) is 13.2 Å². The fourth-order valence-electron chi connectivity index (χ4n) is 5.08. The highest BCUT2D eigenvalue weighted by Crippen LogP contribution is 2.38. The van der Waals surface area contributed by atoms with E-state index in [-0.39, 0.29) is 0 Å². The van der Waals surface area contributed by atoms with Crippen molar-refractivity contribution in [2.24, 2.45) is 23.7 Å². The molecule has 1 aliphatic heterocycles. The van der Waals surface area contributed by atoms with Gasteiger partial charge in [-0.1, -0.05) is 43.7 Å². The van der Waals surface area contributed by atoms with Crippen molar-refractivity contribution in [1.29, 1.82) is 0 Å². The van der Waals surface area contributed by atoms with Gasteiger partial charge in [0, 0.05) is 44.7 Å². The first-order valence-electron chi connectivity index (χ1n) is 12.2. The molecule has 3 unspecified atom stereocenters. The number of allylic oxidation sites excluding steroid dienone is 1.